The van der Waals surface area contributed by atoms with E-state index in [1.165, 1.54) is 31.4 Å². The van der Waals surface area contributed by atoms with E-state index in [9.17, 15) is 19.7 Å². The van der Waals surface area contributed by atoms with Crippen molar-refractivity contribution in [1.29, 1.82) is 0 Å². The van der Waals surface area contributed by atoms with Crippen molar-refractivity contribution in [1.82, 2.24) is 0 Å². The molecule has 0 saturated carbocycles. The van der Waals surface area contributed by atoms with Gasteiger partial charge in [-0.15, -0.1) is 0 Å². The van der Waals surface area contributed by atoms with Crippen molar-refractivity contribution in [2.45, 2.75) is 31.7 Å². The zero-order valence-electron chi connectivity index (χ0n) is 13.6. The van der Waals surface area contributed by atoms with Crippen molar-refractivity contribution < 1.29 is 24.1 Å². The highest BCUT2D eigenvalue weighted by atomic mass is 16.6. The number of benzene rings is 1. The Morgan fingerprint density at radius 1 is 1.25 bits per heavy atom. The molecule has 1 atom stereocenters. The summed E-state index contributed by atoms with van der Waals surface area (Å²) in [5.74, 6) is -0.692. The maximum Gasteiger partial charge on any atom is 0.312 e. The summed E-state index contributed by atoms with van der Waals surface area (Å²) in [6, 6.07) is 5.11. The molecule has 1 aliphatic heterocycles. The van der Waals surface area contributed by atoms with Crippen molar-refractivity contribution >= 4 is 23.3 Å². The largest absolute Gasteiger partial charge is 0.469 e. The van der Waals surface area contributed by atoms with Crippen molar-refractivity contribution in [3.05, 3.63) is 34.4 Å². The number of hydrogen-bond donors (Lipinski definition) is 2. The van der Waals surface area contributed by atoms with E-state index >= 15 is 0 Å². The van der Waals surface area contributed by atoms with E-state index in [-0.39, 0.29) is 18.0 Å². The molecule has 8 heteroatoms. The zero-order valence-corrected chi connectivity index (χ0v) is 13.6. The first-order chi connectivity index (χ1) is 11.5. The number of carbonyl (C=O) groups is 2. The molecule has 0 spiro atoms. The lowest BCUT2D eigenvalue weighted by Gasteiger charge is -2.30. The lowest BCUT2D eigenvalue weighted by Crippen LogP contribution is -3.17. The van der Waals surface area contributed by atoms with Crippen LogP contribution in [0.4, 0.5) is 11.4 Å². The van der Waals surface area contributed by atoms with Crippen LogP contribution in [0.1, 0.15) is 25.7 Å². The summed E-state index contributed by atoms with van der Waals surface area (Å²) in [6.45, 7) is 1.69. The van der Waals surface area contributed by atoms with Gasteiger partial charge in [-0.3, -0.25) is 19.7 Å². The third-order valence-corrected chi connectivity index (χ3v) is 4.25. The average Bonchev–Trinajstić information content (AvgIpc) is 2.60. The van der Waals surface area contributed by atoms with Gasteiger partial charge in [-0.2, -0.15) is 0 Å². The first-order valence-corrected chi connectivity index (χ1v) is 7.98. The van der Waals surface area contributed by atoms with Crippen molar-refractivity contribution in [3.63, 3.8) is 0 Å². The molecule has 2 N–H and O–H groups in total. The van der Waals surface area contributed by atoms with Gasteiger partial charge < -0.3 is 15.0 Å². The van der Waals surface area contributed by atoms with Crippen molar-refractivity contribution in [2.75, 3.05) is 25.5 Å². The number of rotatable bonds is 6. The Kier molecular flexibility index (Phi) is 6.25. The first kappa shape index (κ1) is 17.9. The van der Waals surface area contributed by atoms with Crippen molar-refractivity contribution in [2.24, 2.45) is 0 Å². The van der Waals surface area contributed by atoms with E-state index in [0.29, 0.717) is 5.69 Å². The highest BCUT2D eigenvalue weighted by molar-refractivity contribution is 5.96. The summed E-state index contributed by atoms with van der Waals surface area (Å²) in [4.78, 5) is 35.5. The fourth-order valence-electron chi connectivity index (χ4n) is 2.92. The number of esters is 1. The molecule has 24 heavy (non-hydrogen) atoms. The Hall–Kier alpha value is -2.48. The number of anilines is 1. The molecular formula is C16H22N3O5+. The number of nitrogens with one attached hydrogen (secondary N) is 2. The third kappa shape index (κ3) is 4.76. The van der Waals surface area contributed by atoms with E-state index in [0.717, 1.165) is 37.3 Å². The van der Waals surface area contributed by atoms with Gasteiger partial charge in [0.15, 0.2) is 6.04 Å². The smallest absolute Gasteiger partial charge is 0.312 e. The van der Waals surface area contributed by atoms with Crippen LogP contribution in [0.25, 0.3) is 0 Å². The lowest BCUT2D eigenvalue weighted by atomic mass is 10.1. The van der Waals surface area contributed by atoms with Crippen LogP contribution in [0, 0.1) is 10.1 Å². The first-order valence-electron chi connectivity index (χ1n) is 7.98. The van der Waals surface area contributed by atoms with Gasteiger partial charge in [0.05, 0.1) is 25.1 Å². The molecule has 0 unspecified atom stereocenters. The van der Waals surface area contributed by atoms with Crippen LogP contribution in [0.15, 0.2) is 24.3 Å². The molecule has 1 saturated heterocycles. The normalized spacial score (nSPS) is 16.2. The summed E-state index contributed by atoms with van der Waals surface area (Å²) >= 11 is 0. The summed E-state index contributed by atoms with van der Waals surface area (Å²) in [6.07, 6.45) is 3.21. The van der Waals surface area contributed by atoms with Gasteiger partial charge in [0.2, 0.25) is 0 Å². The second kappa shape index (κ2) is 8.39. The van der Waals surface area contributed by atoms with Gasteiger partial charge in [0, 0.05) is 17.8 Å². The van der Waals surface area contributed by atoms with E-state index in [1.54, 1.807) is 0 Å². The monoisotopic (exact) mass is 336 g/mol. The highest BCUT2D eigenvalue weighted by Gasteiger charge is 2.33. The minimum atomic E-state index is -0.520. The fraction of sp³-hybridized carbons (Fsp3) is 0.500. The summed E-state index contributed by atoms with van der Waals surface area (Å²) in [5.41, 5.74) is 0.428. The predicted molar refractivity (Wildman–Crippen MR) is 86.7 cm³/mol. The van der Waals surface area contributed by atoms with Crippen LogP contribution < -0.4 is 10.2 Å². The Bertz CT molecular complexity index is 596. The number of methoxy groups -OCH3 is 1. The molecule has 130 valence electrons. The van der Waals surface area contributed by atoms with Gasteiger partial charge in [-0.1, -0.05) is 0 Å². The van der Waals surface area contributed by atoms with E-state index in [2.05, 4.69) is 5.32 Å². The molecule has 0 bridgehead atoms. The number of hydrogen-bond acceptors (Lipinski definition) is 5. The lowest BCUT2D eigenvalue weighted by molar-refractivity contribution is -0.920. The molecule has 1 aliphatic rings. The number of nitro benzene ring substituents is 1. The maximum atomic E-state index is 12.6. The molecule has 1 fully saturated rings. The minimum absolute atomic E-state index is 0.0185. The number of nitro groups is 1. The highest BCUT2D eigenvalue weighted by Crippen LogP contribution is 2.15. The molecule has 0 radical (unpaired) electrons. The number of non-ortho nitro benzene ring substituents is 1. The standard InChI is InChI=1S/C16H21N3O5/c1-24-15(20)11-14(18-9-3-2-4-10-18)16(21)17-12-5-7-13(8-6-12)19(22)23/h5-8,14H,2-4,9-11H2,1H3,(H,17,21)/p+1/t14-/m1/s1. The second-order valence-corrected chi connectivity index (χ2v) is 5.84. The molecule has 1 heterocycles. The van der Waals surface area contributed by atoms with Gasteiger partial charge >= 0.3 is 5.97 Å². The van der Waals surface area contributed by atoms with E-state index in [4.69, 9.17) is 4.74 Å². The molecule has 2 rings (SSSR count). The number of likely N-dealkylation sites (tertiary alicyclic amines) is 1. The third-order valence-electron chi connectivity index (χ3n) is 4.25. The van der Waals surface area contributed by atoms with Gasteiger partial charge in [0.1, 0.15) is 6.42 Å². The number of quaternary nitrogens is 1. The van der Waals surface area contributed by atoms with Gasteiger partial charge in [0.25, 0.3) is 11.6 Å². The van der Waals surface area contributed by atoms with Crippen LogP contribution in [-0.2, 0) is 14.3 Å². The quantitative estimate of drug-likeness (QED) is 0.448. The molecular weight excluding hydrogens is 314 g/mol. The van der Waals surface area contributed by atoms with E-state index < -0.39 is 16.9 Å². The van der Waals surface area contributed by atoms with Crippen LogP contribution in [0.3, 0.4) is 0 Å². The molecule has 0 aromatic heterocycles. The summed E-state index contributed by atoms with van der Waals surface area (Å²) in [7, 11) is 1.30. The van der Waals surface area contributed by atoms with Crippen LogP contribution in [0.2, 0.25) is 0 Å². The number of ether oxygens (including phenoxy) is 1. The molecule has 0 aliphatic carbocycles. The van der Waals surface area contributed by atoms with Crippen LogP contribution in [-0.4, -0.2) is 43.0 Å². The van der Waals surface area contributed by atoms with Crippen molar-refractivity contribution in [3.8, 4) is 0 Å². The Labute approximate surface area is 139 Å². The molecule has 8 nitrogen and oxygen atoms in total. The topological polar surface area (TPSA) is 103 Å². The number of carbonyl (C=O) groups excluding carboxylic acids is 2. The van der Waals surface area contributed by atoms with Gasteiger partial charge in [-0.25, -0.2) is 0 Å². The average molecular weight is 336 g/mol. The Morgan fingerprint density at radius 3 is 2.42 bits per heavy atom. The van der Waals surface area contributed by atoms with Gasteiger partial charge in [-0.05, 0) is 31.4 Å². The van der Waals surface area contributed by atoms with E-state index in [1.807, 2.05) is 0 Å². The maximum absolute atomic E-state index is 12.6. The SMILES string of the molecule is COC(=O)C[C@H](C(=O)Nc1ccc([N+](=O)[O-])cc1)[NH+]1CCCCC1. The number of amides is 1. The Morgan fingerprint density at radius 2 is 1.88 bits per heavy atom. The minimum Gasteiger partial charge on any atom is -0.469 e. The van der Waals surface area contributed by atoms with Crippen LogP contribution >= 0.6 is 0 Å². The summed E-state index contributed by atoms with van der Waals surface area (Å²) in [5, 5.41) is 13.4. The summed E-state index contributed by atoms with van der Waals surface area (Å²) < 4.78 is 4.71. The predicted octanol–water partition coefficient (Wildman–Crippen LogP) is 0.534. The molecule has 1 aromatic rings. The zero-order chi connectivity index (χ0) is 17.5. The molecule has 1 amide bonds. The number of piperidine rings is 1. The molecule has 1 aromatic carbocycles. The Balaban J connectivity index is 2.08. The fourth-order valence-corrected chi connectivity index (χ4v) is 2.92. The number of nitrogens with zero attached hydrogens (tertiary/aromatic N) is 1. The van der Waals surface area contributed by atoms with Crippen LogP contribution in [0.5, 0.6) is 0 Å². The second-order valence-electron chi connectivity index (χ2n) is 5.84.